The van der Waals surface area contributed by atoms with E-state index < -0.39 is 17.9 Å². The van der Waals surface area contributed by atoms with Crippen molar-refractivity contribution >= 4 is 91.5 Å². The minimum absolute atomic E-state index is 0. The van der Waals surface area contributed by atoms with E-state index in [4.69, 9.17) is 0 Å². The molecular formula is C21H30Br3InO6. The second-order valence-electron chi connectivity index (χ2n) is 8.34. The van der Waals surface area contributed by atoms with Crippen molar-refractivity contribution in [2.24, 2.45) is 17.8 Å². The average Bonchev–Trinajstić information content (AvgIpc) is 2.69. The zero-order valence-electron chi connectivity index (χ0n) is 17.6. The van der Waals surface area contributed by atoms with Crippen molar-refractivity contribution in [3.63, 3.8) is 0 Å². The van der Waals surface area contributed by atoms with Gasteiger partial charge in [-0.2, -0.15) is 0 Å². The van der Waals surface area contributed by atoms with Gasteiger partial charge in [0, 0.05) is 32.4 Å². The van der Waals surface area contributed by atoms with Crippen LogP contribution in [0.3, 0.4) is 0 Å². The van der Waals surface area contributed by atoms with Crippen LogP contribution in [0.4, 0.5) is 0 Å². The first kappa shape index (κ1) is 31.7. The van der Waals surface area contributed by atoms with Crippen LogP contribution in [0.5, 0.6) is 0 Å². The standard InChI is InChI=1S/3C7H11BrO2.In/c3*8-6-3-1-2-5(4-6)7(9)10;/h3*5-6H,1-4H2,(H,9,10);/q;;;+3/p-3. The molecule has 3 rings (SSSR count). The van der Waals surface area contributed by atoms with Gasteiger partial charge in [-0.3, -0.25) is 0 Å². The van der Waals surface area contributed by atoms with E-state index in [0.717, 1.165) is 77.0 Å². The van der Waals surface area contributed by atoms with Crippen molar-refractivity contribution in [3.8, 4) is 0 Å². The predicted molar refractivity (Wildman–Crippen MR) is 125 cm³/mol. The molecule has 0 bridgehead atoms. The summed E-state index contributed by atoms with van der Waals surface area (Å²) in [5, 5.41) is 31.1. The van der Waals surface area contributed by atoms with E-state index in [2.05, 4.69) is 47.8 Å². The Bertz CT molecular complexity index is 489. The van der Waals surface area contributed by atoms with Crippen LogP contribution >= 0.6 is 47.8 Å². The summed E-state index contributed by atoms with van der Waals surface area (Å²) in [5.41, 5.74) is 0. The van der Waals surface area contributed by atoms with Crippen molar-refractivity contribution in [2.75, 3.05) is 0 Å². The number of carbonyl (C=O) groups is 3. The molecule has 0 N–H and O–H groups in total. The Hall–Kier alpha value is 0.720. The van der Waals surface area contributed by atoms with Gasteiger partial charge in [0.15, 0.2) is 0 Å². The van der Waals surface area contributed by atoms with Crippen molar-refractivity contribution in [2.45, 2.75) is 91.5 Å². The monoisotopic (exact) mass is 730 g/mol. The Morgan fingerprint density at radius 2 is 0.742 bits per heavy atom. The summed E-state index contributed by atoms with van der Waals surface area (Å²) in [6, 6.07) is 0. The number of carboxylic acid groups (broad SMARTS) is 3. The molecule has 0 radical (unpaired) electrons. The molecule has 0 aromatic rings. The Morgan fingerprint density at radius 3 is 0.871 bits per heavy atom. The number of carbonyl (C=O) groups excluding carboxylic acids is 3. The molecule has 10 heteroatoms. The van der Waals surface area contributed by atoms with Crippen LogP contribution in [0.25, 0.3) is 0 Å². The number of hydrogen-bond acceptors (Lipinski definition) is 6. The molecule has 6 nitrogen and oxygen atoms in total. The molecule has 0 aromatic carbocycles. The number of alkyl halides is 3. The average molecular weight is 733 g/mol. The largest absolute Gasteiger partial charge is 3.00 e. The summed E-state index contributed by atoms with van der Waals surface area (Å²) in [6.45, 7) is 0. The number of hydrogen-bond donors (Lipinski definition) is 0. The fourth-order valence-corrected chi connectivity index (χ4v) is 6.36. The number of halogens is 3. The molecule has 3 fully saturated rings. The minimum atomic E-state index is -0.885. The second kappa shape index (κ2) is 17.2. The molecule has 0 saturated heterocycles. The van der Waals surface area contributed by atoms with Crippen molar-refractivity contribution in [3.05, 3.63) is 0 Å². The molecule has 3 aliphatic carbocycles. The molecule has 0 aliphatic heterocycles. The number of rotatable bonds is 3. The smallest absolute Gasteiger partial charge is 0.550 e. The Labute approximate surface area is 228 Å². The van der Waals surface area contributed by atoms with Crippen LogP contribution in [0.15, 0.2) is 0 Å². The van der Waals surface area contributed by atoms with Gasteiger partial charge in [0.1, 0.15) is 0 Å². The van der Waals surface area contributed by atoms with E-state index in [-0.39, 0.29) is 43.6 Å². The van der Waals surface area contributed by atoms with Crippen LogP contribution in [-0.4, -0.2) is 58.2 Å². The maximum Gasteiger partial charge on any atom is 3.00 e. The Kier molecular flexibility index (Phi) is 17.6. The fourth-order valence-electron chi connectivity index (χ4n) is 4.03. The quantitative estimate of drug-likeness (QED) is 0.408. The molecule has 6 unspecified atom stereocenters. The molecule has 3 aliphatic rings. The Morgan fingerprint density at radius 1 is 0.516 bits per heavy atom. The third-order valence-electron chi connectivity index (χ3n) is 5.83. The maximum atomic E-state index is 10.4. The van der Waals surface area contributed by atoms with Crippen LogP contribution in [0.2, 0.25) is 0 Å². The van der Waals surface area contributed by atoms with E-state index in [9.17, 15) is 29.7 Å². The molecule has 0 amide bonds. The first-order chi connectivity index (χ1) is 14.1. The second-order valence-corrected chi connectivity index (χ2v) is 12.2. The predicted octanol–water partition coefficient (Wildman–Crippen LogP) is 1.69. The van der Waals surface area contributed by atoms with Gasteiger partial charge in [-0.25, -0.2) is 0 Å². The van der Waals surface area contributed by atoms with Gasteiger partial charge in [0.2, 0.25) is 0 Å². The minimum Gasteiger partial charge on any atom is -0.550 e. The summed E-state index contributed by atoms with van der Waals surface area (Å²) in [5.74, 6) is -3.29. The summed E-state index contributed by atoms with van der Waals surface area (Å²) in [4.78, 5) is 32.3. The number of carboxylic acids is 3. The fraction of sp³-hybridized carbons (Fsp3) is 0.857. The number of aliphatic carboxylic acids is 3. The molecule has 31 heavy (non-hydrogen) atoms. The molecule has 3 saturated carbocycles. The molecule has 174 valence electrons. The molecule has 0 heterocycles. The van der Waals surface area contributed by atoms with E-state index in [0.29, 0.717) is 14.5 Å². The van der Waals surface area contributed by atoms with Gasteiger partial charge in [0.25, 0.3) is 0 Å². The molecule has 0 spiro atoms. The van der Waals surface area contributed by atoms with Crippen molar-refractivity contribution < 1.29 is 29.7 Å². The van der Waals surface area contributed by atoms with Crippen molar-refractivity contribution in [1.82, 2.24) is 0 Å². The van der Waals surface area contributed by atoms with Gasteiger partial charge in [-0.15, -0.1) is 0 Å². The molecule has 6 atom stereocenters. The zero-order chi connectivity index (χ0) is 22.7. The van der Waals surface area contributed by atoms with E-state index in [1.54, 1.807) is 0 Å². The van der Waals surface area contributed by atoms with Gasteiger partial charge >= 0.3 is 25.8 Å². The van der Waals surface area contributed by atoms with E-state index in [1.165, 1.54) is 0 Å². The first-order valence-corrected chi connectivity index (χ1v) is 13.4. The van der Waals surface area contributed by atoms with Gasteiger partial charge in [-0.1, -0.05) is 67.1 Å². The molecule has 0 aromatic heterocycles. The normalized spacial score (nSPS) is 32.6. The summed E-state index contributed by atoms with van der Waals surface area (Å²) >= 11 is 10.2. The summed E-state index contributed by atoms with van der Waals surface area (Å²) in [6.07, 6.45) is 10.9. The van der Waals surface area contributed by atoms with Gasteiger partial charge in [-0.05, 0) is 75.5 Å². The summed E-state index contributed by atoms with van der Waals surface area (Å²) < 4.78 is 0. The first-order valence-electron chi connectivity index (χ1n) is 10.6. The van der Waals surface area contributed by atoms with Gasteiger partial charge in [0.05, 0.1) is 0 Å². The van der Waals surface area contributed by atoms with Crippen LogP contribution in [-0.2, 0) is 14.4 Å². The van der Waals surface area contributed by atoms with Crippen LogP contribution < -0.4 is 15.3 Å². The SMILES string of the molecule is O=C([O-])C1CCCC(Br)C1.O=C([O-])C1CCCC(Br)C1.O=C([O-])C1CCCC(Br)C1.[In+3]. The maximum absolute atomic E-state index is 10.4. The Balaban J connectivity index is 0.000000429. The van der Waals surface area contributed by atoms with Gasteiger partial charge < -0.3 is 29.7 Å². The van der Waals surface area contributed by atoms with Crippen LogP contribution in [0, 0.1) is 17.8 Å². The topological polar surface area (TPSA) is 120 Å². The van der Waals surface area contributed by atoms with Crippen molar-refractivity contribution in [1.29, 1.82) is 0 Å². The summed E-state index contributed by atoms with van der Waals surface area (Å²) in [7, 11) is 0. The van der Waals surface area contributed by atoms with E-state index >= 15 is 0 Å². The zero-order valence-corrected chi connectivity index (χ0v) is 25.7. The third kappa shape index (κ3) is 13.9. The molecular weight excluding hydrogens is 703 g/mol. The third-order valence-corrected chi connectivity index (χ3v) is 8.33. The van der Waals surface area contributed by atoms with Crippen LogP contribution in [0.1, 0.15) is 77.0 Å². The van der Waals surface area contributed by atoms with E-state index in [1.807, 2.05) is 0 Å².